The van der Waals surface area contributed by atoms with Crippen LogP contribution in [0.2, 0.25) is 0 Å². The van der Waals surface area contributed by atoms with Crippen LogP contribution in [0.1, 0.15) is 0 Å². The Morgan fingerprint density at radius 2 is 1.95 bits per heavy atom. The first kappa shape index (κ1) is 16.0. The van der Waals surface area contributed by atoms with Gasteiger partial charge in [0.25, 0.3) is 0 Å². The molecule has 0 aromatic carbocycles. The van der Waals surface area contributed by atoms with Gasteiger partial charge in [-0.05, 0) is 5.87 Å². The van der Waals surface area contributed by atoms with Crippen LogP contribution in [0.15, 0.2) is 18.7 Å². The van der Waals surface area contributed by atoms with Crippen molar-refractivity contribution in [2.45, 2.75) is 12.1 Å². The Morgan fingerprint density at radius 3 is 2.37 bits per heavy atom. The number of rotatable bonds is 5. The minimum absolute atomic E-state index is 0.0659. The first-order valence-electron chi connectivity index (χ1n) is 4.89. The zero-order valence-electron chi connectivity index (χ0n) is 9.92. The SMILES string of the molecule is C=S(=O)(NS(=O)(=O)CCn1cc[n+](C)c1)C(F)(F)F. The molecule has 110 valence electrons. The fourth-order valence-electron chi connectivity index (χ4n) is 1.15. The molecule has 6 nitrogen and oxygen atoms in total. The van der Waals surface area contributed by atoms with E-state index in [0.29, 0.717) is 0 Å². The Bertz CT molecular complexity index is 646. The molecule has 1 aromatic heterocycles. The normalized spacial score (nSPS) is 16.2. The lowest BCUT2D eigenvalue weighted by molar-refractivity contribution is -0.671. The molecule has 1 heterocycles. The fraction of sp³-hybridized carbons (Fsp3) is 0.500. The molecule has 1 aromatic rings. The van der Waals surface area contributed by atoms with E-state index in [2.05, 4.69) is 5.87 Å². The van der Waals surface area contributed by atoms with Gasteiger partial charge in [-0.2, -0.15) is 13.2 Å². The molecular weight excluding hydrogens is 307 g/mol. The molecule has 19 heavy (non-hydrogen) atoms. The second-order valence-electron chi connectivity index (χ2n) is 3.84. The van der Waals surface area contributed by atoms with E-state index in [1.807, 2.05) is 0 Å². The topological polar surface area (TPSA) is 72.0 Å². The molecule has 1 N–H and O–H groups in total. The highest BCUT2D eigenvalue weighted by Crippen LogP contribution is 2.22. The maximum absolute atomic E-state index is 12.3. The van der Waals surface area contributed by atoms with Crippen LogP contribution in [0.25, 0.3) is 0 Å². The van der Waals surface area contributed by atoms with Gasteiger partial charge in [-0.1, -0.05) is 0 Å². The molecular formula is C8H13F3N3O3S2+. The van der Waals surface area contributed by atoms with Gasteiger partial charge in [-0.15, -0.1) is 4.13 Å². The third kappa shape index (κ3) is 4.51. The zero-order chi connectivity index (χ0) is 14.9. The molecule has 0 bridgehead atoms. The molecule has 0 spiro atoms. The van der Waals surface area contributed by atoms with E-state index in [4.69, 9.17) is 0 Å². The number of imidazole rings is 1. The lowest BCUT2D eigenvalue weighted by Crippen LogP contribution is -2.41. The number of nitrogens with one attached hydrogen (secondary N) is 1. The lowest BCUT2D eigenvalue weighted by Gasteiger charge is -2.13. The van der Waals surface area contributed by atoms with E-state index in [1.165, 1.54) is 4.57 Å². The van der Waals surface area contributed by atoms with Gasteiger partial charge in [0.15, 0.2) is 0 Å². The number of sulfonamides is 1. The van der Waals surface area contributed by atoms with Crippen molar-refractivity contribution < 1.29 is 30.4 Å². The smallest absolute Gasteiger partial charge is 0.243 e. The van der Waals surface area contributed by atoms with Gasteiger partial charge in [0, 0.05) is 0 Å². The Kier molecular flexibility index (Phi) is 4.32. The first-order chi connectivity index (χ1) is 8.43. The van der Waals surface area contributed by atoms with Crippen LogP contribution >= 0.6 is 0 Å². The number of hydrogen-bond donors (Lipinski definition) is 1. The summed E-state index contributed by atoms with van der Waals surface area (Å²) in [5.41, 5.74) is -5.22. The van der Waals surface area contributed by atoms with E-state index >= 15 is 0 Å². The predicted octanol–water partition coefficient (Wildman–Crippen LogP) is -0.617. The molecule has 1 unspecified atom stereocenters. The number of halogens is 3. The molecule has 11 heteroatoms. The van der Waals surface area contributed by atoms with Crippen molar-refractivity contribution >= 4 is 25.6 Å². The maximum Gasteiger partial charge on any atom is 0.477 e. The molecule has 0 radical (unpaired) electrons. The quantitative estimate of drug-likeness (QED) is 0.581. The Morgan fingerprint density at radius 1 is 1.37 bits per heavy atom. The molecule has 0 aliphatic rings. The van der Waals surface area contributed by atoms with Crippen LogP contribution in [0.3, 0.4) is 0 Å². The van der Waals surface area contributed by atoms with Crippen LogP contribution in [-0.2, 0) is 33.3 Å². The van der Waals surface area contributed by atoms with Crippen molar-refractivity contribution in [3.05, 3.63) is 18.7 Å². The largest absolute Gasteiger partial charge is 0.477 e. The average molecular weight is 320 g/mol. The van der Waals surface area contributed by atoms with E-state index in [1.54, 1.807) is 30.3 Å². The Hall–Kier alpha value is -1.07. The van der Waals surface area contributed by atoms with Gasteiger partial charge in [0.05, 0.1) is 7.05 Å². The van der Waals surface area contributed by atoms with Gasteiger partial charge in [0.1, 0.15) is 34.4 Å². The van der Waals surface area contributed by atoms with Crippen molar-refractivity contribution in [2.24, 2.45) is 7.05 Å². The summed E-state index contributed by atoms with van der Waals surface area (Å²) >= 11 is 0. The standard InChI is InChI=1S/C8H13F3N3O3S2/c1-13-3-4-14(7-13)5-6-19(16,17)12-18(2,15)8(9,10)11/h3-4,7H,2,5-6H2,1H3,(H,12,15)/q+1. The van der Waals surface area contributed by atoms with Gasteiger partial charge in [0.2, 0.25) is 16.4 Å². The highest BCUT2D eigenvalue weighted by Gasteiger charge is 2.42. The van der Waals surface area contributed by atoms with Gasteiger partial charge < -0.3 is 0 Å². The number of aromatic nitrogens is 2. The summed E-state index contributed by atoms with van der Waals surface area (Å²) in [4.78, 5) is 0. The molecule has 0 saturated carbocycles. The molecule has 0 fully saturated rings. The summed E-state index contributed by atoms with van der Waals surface area (Å²) in [5.74, 6) is 1.75. The molecule has 1 rings (SSSR count). The van der Waals surface area contributed by atoms with Crippen LogP contribution < -0.4 is 8.69 Å². The molecule has 0 amide bonds. The maximum atomic E-state index is 12.3. The van der Waals surface area contributed by atoms with Crippen LogP contribution in [0.4, 0.5) is 13.2 Å². The van der Waals surface area contributed by atoms with E-state index in [0.717, 1.165) is 4.13 Å². The van der Waals surface area contributed by atoms with Crippen LogP contribution in [0, 0.1) is 0 Å². The third-order valence-corrected chi connectivity index (χ3v) is 5.64. The lowest BCUT2D eigenvalue weighted by atomic mass is 10.7. The van der Waals surface area contributed by atoms with E-state index < -0.39 is 31.0 Å². The number of aryl methyl sites for hydroxylation is 2. The van der Waals surface area contributed by atoms with Gasteiger partial charge in [-0.25, -0.2) is 21.8 Å². The van der Waals surface area contributed by atoms with Crippen molar-refractivity contribution in [2.75, 3.05) is 5.75 Å². The average Bonchev–Trinajstić information content (AvgIpc) is 2.58. The summed E-state index contributed by atoms with van der Waals surface area (Å²) in [6, 6.07) is 0. The molecule has 0 aliphatic heterocycles. The highest BCUT2D eigenvalue weighted by molar-refractivity contribution is 8.09. The number of hydrogen-bond acceptors (Lipinski definition) is 3. The minimum atomic E-state index is -5.22. The van der Waals surface area contributed by atoms with Crippen molar-refractivity contribution in [1.82, 2.24) is 8.69 Å². The van der Waals surface area contributed by atoms with Crippen molar-refractivity contribution in [1.29, 1.82) is 0 Å². The van der Waals surface area contributed by atoms with E-state index in [-0.39, 0.29) is 6.54 Å². The Labute approximate surface area is 109 Å². The third-order valence-electron chi connectivity index (χ3n) is 2.08. The zero-order valence-corrected chi connectivity index (χ0v) is 11.6. The second-order valence-corrected chi connectivity index (χ2v) is 7.96. The Balaban J connectivity index is 2.73. The van der Waals surface area contributed by atoms with Gasteiger partial charge >= 0.3 is 5.51 Å². The van der Waals surface area contributed by atoms with Crippen molar-refractivity contribution in [3.8, 4) is 0 Å². The van der Waals surface area contributed by atoms with Gasteiger partial charge in [-0.3, -0.25) is 0 Å². The van der Waals surface area contributed by atoms with E-state index in [9.17, 15) is 25.8 Å². The summed E-state index contributed by atoms with van der Waals surface area (Å²) in [7, 11) is -7.55. The van der Waals surface area contributed by atoms with Crippen LogP contribution in [0.5, 0.6) is 0 Å². The molecule has 1 atom stereocenters. The second kappa shape index (κ2) is 5.13. The first-order valence-corrected chi connectivity index (χ1v) is 8.27. The fourth-order valence-corrected chi connectivity index (χ4v) is 3.96. The van der Waals surface area contributed by atoms with Crippen molar-refractivity contribution in [3.63, 3.8) is 0 Å². The number of nitrogens with zero attached hydrogens (tertiary/aromatic N) is 2. The highest BCUT2D eigenvalue weighted by atomic mass is 32.3. The summed E-state index contributed by atoms with van der Waals surface area (Å²) in [6.07, 6.45) is 4.75. The van der Waals surface area contributed by atoms with Crippen LogP contribution in [-0.4, -0.2) is 34.3 Å². The molecule has 0 saturated heterocycles. The monoisotopic (exact) mass is 320 g/mol. The molecule has 0 aliphatic carbocycles. The predicted molar refractivity (Wildman–Crippen MR) is 63.8 cm³/mol. The number of alkyl halides is 3. The summed E-state index contributed by atoms with van der Waals surface area (Å²) in [6.45, 7) is -0.0659. The minimum Gasteiger partial charge on any atom is -0.243 e. The summed E-state index contributed by atoms with van der Waals surface area (Å²) < 4.78 is 74.9. The summed E-state index contributed by atoms with van der Waals surface area (Å²) in [5, 5.41) is 0.